The predicted octanol–water partition coefficient (Wildman–Crippen LogP) is 3.31. The van der Waals surface area contributed by atoms with Crippen LogP contribution in [0.4, 0.5) is 19.0 Å². The highest BCUT2D eigenvalue weighted by Crippen LogP contribution is 2.22. The smallest absolute Gasteiger partial charge is 0.422 e. The number of likely N-dealkylation sites (N-methyl/N-ethyl adjacent to an activating group) is 1. The number of anilines is 1. The third-order valence-electron chi connectivity index (χ3n) is 4.39. The van der Waals surface area contributed by atoms with Crippen molar-refractivity contribution in [2.75, 3.05) is 25.5 Å². The van der Waals surface area contributed by atoms with Crippen LogP contribution in [0.3, 0.4) is 0 Å². The van der Waals surface area contributed by atoms with E-state index < -0.39 is 18.7 Å². The van der Waals surface area contributed by atoms with Gasteiger partial charge in [-0.05, 0) is 26.6 Å². The van der Waals surface area contributed by atoms with Crippen molar-refractivity contribution in [2.24, 2.45) is 4.99 Å². The number of alkyl halides is 3. The summed E-state index contributed by atoms with van der Waals surface area (Å²) < 4.78 is 43.5. The van der Waals surface area contributed by atoms with Crippen molar-refractivity contribution in [1.82, 2.24) is 19.7 Å². The van der Waals surface area contributed by atoms with Gasteiger partial charge in [-0.25, -0.2) is 9.98 Å². The standard InChI is InChI=1S/C21H25F3N6O3/c1-13(8-14(2)20(25-4)33-12-21(22,23)24)9-30-10-16-17(28-30)6-7-26-19(16)27-18(32)11-29(5)15(3)31/h6-8,10H,4,9,11-12H2,1-3,5H3,(H,26,27,32)/b13-8+,20-14+. The molecule has 0 spiro atoms. The topological polar surface area (TPSA) is 102 Å². The fraction of sp³-hybridized carbons (Fsp3) is 0.381. The van der Waals surface area contributed by atoms with E-state index in [0.717, 1.165) is 5.57 Å². The molecular weight excluding hydrogens is 441 g/mol. The quantitative estimate of drug-likeness (QED) is 0.347. The van der Waals surface area contributed by atoms with E-state index in [1.54, 1.807) is 36.9 Å². The molecule has 2 amide bonds. The molecule has 2 aromatic rings. The summed E-state index contributed by atoms with van der Waals surface area (Å²) >= 11 is 0. The summed E-state index contributed by atoms with van der Waals surface area (Å²) in [4.78, 5) is 32.5. The van der Waals surface area contributed by atoms with Crippen molar-refractivity contribution in [2.45, 2.75) is 33.5 Å². The number of aliphatic imine (C=N–C) groups is 1. The molecule has 12 heteroatoms. The first kappa shape index (κ1) is 25.6. The second kappa shape index (κ2) is 10.7. The van der Waals surface area contributed by atoms with E-state index in [9.17, 15) is 22.8 Å². The van der Waals surface area contributed by atoms with E-state index in [2.05, 4.69) is 27.1 Å². The second-order valence-corrected chi connectivity index (χ2v) is 7.38. The average molecular weight is 466 g/mol. The highest BCUT2D eigenvalue weighted by atomic mass is 19.4. The van der Waals surface area contributed by atoms with Gasteiger partial charge >= 0.3 is 6.18 Å². The fourth-order valence-electron chi connectivity index (χ4n) is 2.84. The van der Waals surface area contributed by atoms with Crippen LogP contribution in [0.1, 0.15) is 20.8 Å². The van der Waals surface area contributed by atoms with Gasteiger partial charge in [0.2, 0.25) is 17.7 Å². The summed E-state index contributed by atoms with van der Waals surface area (Å²) in [6, 6.07) is 1.68. The number of aromatic nitrogens is 3. The number of carbonyl (C=O) groups is 2. The van der Waals surface area contributed by atoms with Crippen LogP contribution in [0.25, 0.3) is 10.9 Å². The minimum Gasteiger partial charge on any atom is -0.468 e. The van der Waals surface area contributed by atoms with Crippen molar-refractivity contribution in [3.63, 3.8) is 0 Å². The molecule has 178 valence electrons. The number of amides is 2. The van der Waals surface area contributed by atoms with Crippen LogP contribution in [0.2, 0.25) is 0 Å². The summed E-state index contributed by atoms with van der Waals surface area (Å²) in [7, 11) is 1.51. The second-order valence-electron chi connectivity index (χ2n) is 7.38. The number of allylic oxidation sites excluding steroid dienone is 3. The normalized spacial score (nSPS) is 12.9. The van der Waals surface area contributed by atoms with Crippen LogP contribution in [0.15, 0.2) is 46.6 Å². The summed E-state index contributed by atoms with van der Waals surface area (Å²) in [5, 5.41) is 7.71. The van der Waals surface area contributed by atoms with Crippen LogP contribution in [-0.4, -0.2) is 64.6 Å². The Morgan fingerprint density at radius 2 is 2.03 bits per heavy atom. The summed E-state index contributed by atoms with van der Waals surface area (Å²) in [6.45, 7) is 6.70. The van der Waals surface area contributed by atoms with Gasteiger partial charge in [0.25, 0.3) is 0 Å². The molecule has 2 heterocycles. The number of nitrogens with zero attached hydrogens (tertiary/aromatic N) is 5. The number of carbonyl (C=O) groups excluding carboxylic acids is 2. The SMILES string of the molecule is C=N/C(OCC(F)(F)F)=C(C)\C=C(/C)Cn1cc2c(NC(=O)CN(C)C(C)=O)nccc2n1. The highest BCUT2D eigenvalue weighted by molar-refractivity contribution is 6.00. The third kappa shape index (κ3) is 7.74. The zero-order valence-corrected chi connectivity index (χ0v) is 18.7. The van der Waals surface area contributed by atoms with Crippen LogP contribution in [0, 0.1) is 0 Å². The van der Waals surface area contributed by atoms with E-state index in [1.165, 1.54) is 25.1 Å². The molecule has 0 radical (unpaired) electrons. The Balaban J connectivity index is 2.18. The molecule has 0 atom stereocenters. The van der Waals surface area contributed by atoms with Crippen molar-refractivity contribution >= 4 is 35.3 Å². The van der Waals surface area contributed by atoms with Gasteiger partial charge in [0.05, 0.1) is 24.0 Å². The molecule has 0 aliphatic rings. The van der Waals surface area contributed by atoms with Gasteiger partial charge in [-0.1, -0.05) is 11.6 Å². The summed E-state index contributed by atoms with van der Waals surface area (Å²) in [5.41, 5.74) is 1.73. The summed E-state index contributed by atoms with van der Waals surface area (Å²) in [6.07, 6.45) is 0.341. The Morgan fingerprint density at radius 3 is 2.64 bits per heavy atom. The number of fused-ring (bicyclic) bond motifs is 1. The fourth-order valence-corrected chi connectivity index (χ4v) is 2.84. The number of pyridine rings is 1. The van der Waals surface area contributed by atoms with Gasteiger partial charge in [0, 0.05) is 31.9 Å². The Kier molecular flexibility index (Phi) is 8.32. The molecule has 33 heavy (non-hydrogen) atoms. The van der Waals surface area contributed by atoms with E-state index in [-0.39, 0.29) is 18.3 Å². The Morgan fingerprint density at radius 1 is 1.33 bits per heavy atom. The molecular formula is C21H25F3N6O3. The van der Waals surface area contributed by atoms with E-state index in [0.29, 0.717) is 28.8 Å². The molecule has 0 aliphatic heterocycles. The Labute approximate surface area is 188 Å². The Hall–Kier alpha value is -3.70. The summed E-state index contributed by atoms with van der Waals surface area (Å²) in [5.74, 6) is -0.547. The Bertz CT molecular complexity index is 1100. The van der Waals surface area contributed by atoms with Gasteiger partial charge in [-0.3, -0.25) is 14.3 Å². The first-order valence-corrected chi connectivity index (χ1v) is 9.77. The largest absolute Gasteiger partial charge is 0.468 e. The highest BCUT2D eigenvalue weighted by Gasteiger charge is 2.29. The lowest BCUT2D eigenvalue weighted by molar-refractivity contribution is -0.165. The first-order chi connectivity index (χ1) is 15.4. The number of rotatable bonds is 9. The van der Waals surface area contributed by atoms with Crippen molar-refractivity contribution < 1.29 is 27.5 Å². The zero-order valence-electron chi connectivity index (χ0n) is 18.7. The number of halogens is 3. The van der Waals surface area contributed by atoms with E-state index >= 15 is 0 Å². The van der Waals surface area contributed by atoms with Crippen LogP contribution >= 0.6 is 0 Å². The maximum atomic E-state index is 12.4. The first-order valence-electron chi connectivity index (χ1n) is 9.77. The molecule has 0 bridgehead atoms. The zero-order chi connectivity index (χ0) is 24.8. The van der Waals surface area contributed by atoms with E-state index in [4.69, 9.17) is 4.74 Å². The molecule has 2 aromatic heterocycles. The molecule has 0 saturated carbocycles. The molecule has 2 rings (SSSR count). The van der Waals surface area contributed by atoms with Crippen LogP contribution in [0.5, 0.6) is 0 Å². The van der Waals surface area contributed by atoms with Crippen molar-refractivity contribution in [3.8, 4) is 0 Å². The predicted molar refractivity (Wildman–Crippen MR) is 117 cm³/mol. The number of ether oxygens (including phenoxy) is 1. The van der Waals surface area contributed by atoms with Gasteiger partial charge in [-0.2, -0.15) is 18.3 Å². The monoisotopic (exact) mass is 466 g/mol. The maximum Gasteiger partial charge on any atom is 0.422 e. The van der Waals surface area contributed by atoms with Gasteiger partial charge in [0.15, 0.2) is 6.61 Å². The van der Waals surface area contributed by atoms with Gasteiger partial charge in [0.1, 0.15) is 5.82 Å². The van der Waals surface area contributed by atoms with Gasteiger partial charge in [-0.15, -0.1) is 0 Å². The lowest BCUT2D eigenvalue weighted by Gasteiger charge is -2.14. The lowest BCUT2D eigenvalue weighted by atomic mass is 10.2. The lowest BCUT2D eigenvalue weighted by Crippen LogP contribution is -2.33. The van der Waals surface area contributed by atoms with Crippen molar-refractivity contribution in [3.05, 3.63) is 41.6 Å². The number of nitrogens with one attached hydrogen (secondary N) is 1. The minimum atomic E-state index is -4.48. The van der Waals surface area contributed by atoms with Crippen LogP contribution in [-0.2, 0) is 20.9 Å². The molecule has 9 nitrogen and oxygen atoms in total. The van der Waals surface area contributed by atoms with Crippen LogP contribution < -0.4 is 5.32 Å². The van der Waals surface area contributed by atoms with E-state index in [1.807, 2.05) is 0 Å². The molecule has 0 aromatic carbocycles. The molecule has 0 unspecified atom stereocenters. The molecule has 0 fully saturated rings. The average Bonchev–Trinajstić information content (AvgIpc) is 3.10. The maximum absolute atomic E-state index is 12.4. The third-order valence-corrected chi connectivity index (χ3v) is 4.39. The molecule has 0 aliphatic carbocycles. The molecule has 0 saturated heterocycles. The number of hydrogen-bond donors (Lipinski definition) is 1. The van der Waals surface area contributed by atoms with Crippen molar-refractivity contribution in [1.29, 1.82) is 0 Å². The van der Waals surface area contributed by atoms with Gasteiger partial charge < -0.3 is 15.0 Å². The minimum absolute atomic E-state index is 0.120. The number of hydrogen-bond acceptors (Lipinski definition) is 6. The molecule has 1 N–H and O–H groups in total.